The predicted octanol–water partition coefficient (Wildman–Crippen LogP) is 3.53. The summed E-state index contributed by atoms with van der Waals surface area (Å²) in [6.45, 7) is 5.83. The van der Waals surface area contributed by atoms with Gasteiger partial charge in [0.1, 0.15) is 5.75 Å². The summed E-state index contributed by atoms with van der Waals surface area (Å²) in [4.78, 5) is 17.7. The number of anilines is 1. The quantitative estimate of drug-likeness (QED) is 0.837. The topological polar surface area (TPSA) is 64.0 Å². The number of rotatable bonds is 5. The van der Waals surface area contributed by atoms with Crippen molar-refractivity contribution >= 4 is 23.4 Å². The van der Waals surface area contributed by atoms with Gasteiger partial charge in [-0.15, -0.1) is 0 Å². The number of carbonyl (C=O) groups is 1. The average molecular weight is 372 g/mol. The third-order valence-electron chi connectivity index (χ3n) is 4.69. The SMILES string of the molecule is CC1CN(c2ccccc2Sc2ccc(O)cc2)C(C)CN1CC(=O)O. The fraction of sp³-hybridized carbons (Fsp3) is 0.350. The van der Waals surface area contributed by atoms with Crippen LogP contribution >= 0.6 is 11.8 Å². The van der Waals surface area contributed by atoms with Gasteiger partial charge in [0.05, 0.1) is 12.2 Å². The van der Waals surface area contributed by atoms with Gasteiger partial charge in [-0.3, -0.25) is 9.69 Å². The third-order valence-corrected chi connectivity index (χ3v) is 5.77. The molecule has 0 aromatic heterocycles. The van der Waals surface area contributed by atoms with Crippen LogP contribution in [0.4, 0.5) is 5.69 Å². The number of piperazine rings is 1. The van der Waals surface area contributed by atoms with Crippen LogP contribution in [0.1, 0.15) is 13.8 Å². The lowest BCUT2D eigenvalue weighted by Crippen LogP contribution is -2.57. The zero-order valence-electron chi connectivity index (χ0n) is 15.0. The Balaban J connectivity index is 1.81. The summed E-state index contributed by atoms with van der Waals surface area (Å²) in [5, 5.41) is 18.6. The summed E-state index contributed by atoms with van der Waals surface area (Å²) in [6, 6.07) is 15.9. The van der Waals surface area contributed by atoms with E-state index in [0.29, 0.717) is 0 Å². The minimum Gasteiger partial charge on any atom is -0.508 e. The second-order valence-corrected chi connectivity index (χ2v) is 7.85. The van der Waals surface area contributed by atoms with Crippen molar-refractivity contribution in [1.29, 1.82) is 0 Å². The number of para-hydroxylation sites is 1. The second-order valence-electron chi connectivity index (χ2n) is 6.74. The van der Waals surface area contributed by atoms with E-state index in [4.69, 9.17) is 5.11 Å². The minimum atomic E-state index is -0.777. The van der Waals surface area contributed by atoms with E-state index >= 15 is 0 Å². The lowest BCUT2D eigenvalue weighted by atomic mass is 10.1. The van der Waals surface area contributed by atoms with Gasteiger partial charge in [0.2, 0.25) is 0 Å². The van der Waals surface area contributed by atoms with Crippen molar-refractivity contribution in [3.05, 3.63) is 48.5 Å². The summed E-state index contributed by atoms with van der Waals surface area (Å²) in [5.41, 5.74) is 1.17. The van der Waals surface area contributed by atoms with Crippen molar-refractivity contribution in [3.8, 4) is 5.75 Å². The van der Waals surface area contributed by atoms with E-state index in [1.807, 2.05) is 29.2 Å². The number of phenols is 1. The molecule has 1 fully saturated rings. The molecule has 138 valence electrons. The molecule has 2 unspecified atom stereocenters. The van der Waals surface area contributed by atoms with Crippen LogP contribution in [0.15, 0.2) is 58.3 Å². The average Bonchev–Trinajstić information content (AvgIpc) is 2.60. The number of phenolic OH excluding ortho intramolecular Hbond substituents is 1. The van der Waals surface area contributed by atoms with Crippen LogP contribution in [0.25, 0.3) is 0 Å². The summed E-state index contributed by atoms with van der Waals surface area (Å²) < 4.78 is 0. The maximum atomic E-state index is 11.1. The maximum absolute atomic E-state index is 11.1. The highest BCUT2D eigenvalue weighted by molar-refractivity contribution is 7.99. The van der Waals surface area contributed by atoms with Crippen LogP contribution in [-0.2, 0) is 4.79 Å². The fourth-order valence-corrected chi connectivity index (χ4v) is 4.31. The molecule has 1 heterocycles. The largest absolute Gasteiger partial charge is 0.508 e. The number of hydrogen-bond acceptors (Lipinski definition) is 5. The van der Waals surface area contributed by atoms with Gasteiger partial charge >= 0.3 is 5.97 Å². The van der Waals surface area contributed by atoms with Crippen molar-refractivity contribution < 1.29 is 15.0 Å². The number of aliphatic carboxylic acids is 1. The molecule has 0 radical (unpaired) electrons. The van der Waals surface area contributed by atoms with Crippen LogP contribution in [0.3, 0.4) is 0 Å². The minimum absolute atomic E-state index is 0.0866. The van der Waals surface area contributed by atoms with E-state index < -0.39 is 5.97 Å². The lowest BCUT2D eigenvalue weighted by Gasteiger charge is -2.45. The lowest BCUT2D eigenvalue weighted by molar-refractivity contribution is -0.139. The number of carboxylic acids is 1. The van der Waals surface area contributed by atoms with Gasteiger partial charge in [0, 0.05) is 35.0 Å². The first-order chi connectivity index (χ1) is 12.4. The molecule has 6 heteroatoms. The molecular formula is C20H24N2O3S. The summed E-state index contributed by atoms with van der Waals surface area (Å²) in [6.07, 6.45) is 0. The molecule has 0 bridgehead atoms. The van der Waals surface area contributed by atoms with Crippen molar-refractivity contribution in [2.75, 3.05) is 24.5 Å². The zero-order valence-corrected chi connectivity index (χ0v) is 15.8. The standard InChI is InChI=1S/C20H24N2O3S/c1-14-12-22(15(2)11-21(14)13-20(24)25)18-5-3-4-6-19(18)26-17-9-7-16(23)8-10-17/h3-10,14-15,23H,11-13H2,1-2H3,(H,24,25). The highest BCUT2D eigenvalue weighted by Crippen LogP contribution is 2.37. The Hall–Kier alpha value is -2.18. The van der Waals surface area contributed by atoms with Gasteiger partial charge in [-0.1, -0.05) is 23.9 Å². The van der Waals surface area contributed by atoms with Crippen LogP contribution in [0.2, 0.25) is 0 Å². The van der Waals surface area contributed by atoms with Gasteiger partial charge in [0.15, 0.2) is 0 Å². The summed E-state index contributed by atoms with van der Waals surface area (Å²) >= 11 is 1.67. The Morgan fingerprint density at radius 1 is 1.08 bits per heavy atom. The van der Waals surface area contributed by atoms with Gasteiger partial charge < -0.3 is 15.1 Å². The van der Waals surface area contributed by atoms with Crippen LogP contribution in [0, 0.1) is 0 Å². The van der Waals surface area contributed by atoms with Gasteiger partial charge in [-0.05, 0) is 50.2 Å². The van der Waals surface area contributed by atoms with E-state index in [1.165, 1.54) is 5.69 Å². The van der Waals surface area contributed by atoms with Crippen LogP contribution in [-0.4, -0.2) is 52.8 Å². The van der Waals surface area contributed by atoms with E-state index in [1.54, 1.807) is 23.9 Å². The van der Waals surface area contributed by atoms with Gasteiger partial charge in [0.25, 0.3) is 0 Å². The van der Waals surface area contributed by atoms with E-state index in [9.17, 15) is 9.90 Å². The van der Waals surface area contributed by atoms with E-state index in [0.717, 1.165) is 22.9 Å². The van der Waals surface area contributed by atoms with Gasteiger partial charge in [-0.25, -0.2) is 0 Å². The molecule has 2 atom stereocenters. The molecule has 1 aliphatic heterocycles. The third kappa shape index (κ3) is 4.31. The molecule has 2 aromatic carbocycles. The molecular weight excluding hydrogens is 348 g/mol. The number of nitrogens with zero attached hydrogens (tertiary/aromatic N) is 2. The van der Waals surface area contributed by atoms with Crippen molar-refractivity contribution in [2.45, 2.75) is 35.7 Å². The molecule has 1 saturated heterocycles. The number of benzene rings is 2. The molecule has 2 N–H and O–H groups in total. The Morgan fingerprint density at radius 3 is 2.46 bits per heavy atom. The summed E-state index contributed by atoms with van der Waals surface area (Å²) in [5.74, 6) is -0.513. The maximum Gasteiger partial charge on any atom is 0.317 e. The van der Waals surface area contributed by atoms with Crippen LogP contribution < -0.4 is 4.90 Å². The molecule has 1 aliphatic rings. The predicted molar refractivity (Wildman–Crippen MR) is 104 cm³/mol. The number of hydrogen-bond donors (Lipinski definition) is 2. The smallest absolute Gasteiger partial charge is 0.317 e. The Bertz CT molecular complexity index is 766. The molecule has 2 aromatic rings. The molecule has 0 saturated carbocycles. The van der Waals surface area contributed by atoms with Gasteiger partial charge in [-0.2, -0.15) is 0 Å². The van der Waals surface area contributed by atoms with Crippen molar-refractivity contribution in [2.24, 2.45) is 0 Å². The Morgan fingerprint density at radius 2 is 1.77 bits per heavy atom. The zero-order chi connectivity index (χ0) is 18.7. The van der Waals surface area contributed by atoms with E-state index in [-0.39, 0.29) is 24.4 Å². The number of carboxylic acid groups (broad SMARTS) is 1. The highest BCUT2D eigenvalue weighted by Gasteiger charge is 2.31. The first-order valence-corrected chi connectivity index (χ1v) is 9.54. The second kappa shape index (κ2) is 8.01. The summed E-state index contributed by atoms with van der Waals surface area (Å²) in [7, 11) is 0. The number of aromatic hydroxyl groups is 1. The monoisotopic (exact) mass is 372 g/mol. The Kier molecular flexibility index (Phi) is 5.74. The van der Waals surface area contributed by atoms with E-state index in [2.05, 4.69) is 30.9 Å². The molecule has 5 nitrogen and oxygen atoms in total. The molecule has 26 heavy (non-hydrogen) atoms. The Labute approximate surface area is 158 Å². The molecule has 0 amide bonds. The van der Waals surface area contributed by atoms with Crippen molar-refractivity contribution in [1.82, 2.24) is 4.90 Å². The van der Waals surface area contributed by atoms with Crippen molar-refractivity contribution in [3.63, 3.8) is 0 Å². The highest BCUT2D eigenvalue weighted by atomic mass is 32.2. The normalized spacial score (nSPS) is 20.9. The first kappa shape index (κ1) is 18.6. The molecule has 0 spiro atoms. The first-order valence-electron chi connectivity index (χ1n) is 8.72. The fourth-order valence-electron chi connectivity index (χ4n) is 3.35. The molecule has 0 aliphatic carbocycles. The molecule has 3 rings (SSSR count). The van der Waals surface area contributed by atoms with Crippen LogP contribution in [0.5, 0.6) is 5.75 Å².